The van der Waals surface area contributed by atoms with E-state index in [1.807, 2.05) is 27.0 Å². The predicted molar refractivity (Wildman–Crippen MR) is 131 cm³/mol. The van der Waals surface area contributed by atoms with Gasteiger partial charge in [0.25, 0.3) is 0 Å². The number of carbonyl (C=O) groups excluding carboxylic acids is 1. The Morgan fingerprint density at radius 3 is 2.59 bits per heavy atom. The fourth-order valence-corrected chi connectivity index (χ4v) is 3.36. The number of hydrogen-bond donors (Lipinski definition) is 3. The van der Waals surface area contributed by atoms with E-state index in [2.05, 4.69) is 41.1 Å². The standard InChI is InChI=1S/C22H29N11O4/c1-22(2,3)37-21(36)23-7-5-9-32-14-16(11-26-32)33-19-17(29-30-33)12-24-20(28-19)27-15-10-25-31(13-15)8-4-6-18(34)35/h10-14H,4-9H2,1-3H3,(H,23,36)(H,34,35)(H,24,27,28). The van der Waals surface area contributed by atoms with E-state index in [9.17, 15) is 9.59 Å². The Morgan fingerprint density at radius 1 is 1.05 bits per heavy atom. The number of amides is 1. The summed E-state index contributed by atoms with van der Waals surface area (Å²) < 4.78 is 10.2. The van der Waals surface area contributed by atoms with Crippen molar-refractivity contribution >= 4 is 34.9 Å². The lowest BCUT2D eigenvalue weighted by atomic mass is 10.2. The first-order valence-electron chi connectivity index (χ1n) is 11.8. The summed E-state index contributed by atoms with van der Waals surface area (Å²) in [6.45, 7) is 6.98. The molecule has 0 fully saturated rings. The molecule has 0 spiro atoms. The second-order valence-electron chi connectivity index (χ2n) is 9.26. The van der Waals surface area contributed by atoms with Crippen LogP contribution >= 0.6 is 0 Å². The number of hydrogen-bond acceptors (Lipinski definition) is 10. The molecule has 0 aliphatic rings. The van der Waals surface area contributed by atoms with Gasteiger partial charge in [-0.25, -0.2) is 9.78 Å². The average Bonchev–Trinajstić information content (AvgIpc) is 3.55. The Morgan fingerprint density at radius 2 is 1.81 bits per heavy atom. The van der Waals surface area contributed by atoms with Gasteiger partial charge in [-0.1, -0.05) is 5.21 Å². The van der Waals surface area contributed by atoms with Crippen LogP contribution in [0.25, 0.3) is 16.9 Å². The van der Waals surface area contributed by atoms with E-state index < -0.39 is 17.7 Å². The first-order valence-corrected chi connectivity index (χ1v) is 11.8. The minimum atomic E-state index is -0.835. The van der Waals surface area contributed by atoms with Gasteiger partial charge in [-0.05, 0) is 33.6 Å². The first kappa shape index (κ1) is 25.5. The van der Waals surface area contributed by atoms with E-state index in [0.717, 1.165) is 0 Å². The van der Waals surface area contributed by atoms with Gasteiger partial charge in [0.05, 0.1) is 30.5 Å². The Balaban J connectivity index is 1.36. The zero-order valence-electron chi connectivity index (χ0n) is 20.8. The lowest BCUT2D eigenvalue weighted by molar-refractivity contribution is -0.137. The molecule has 4 heterocycles. The SMILES string of the molecule is CC(C)(C)OC(=O)NCCCn1cc(-n2nnc3cnc(Nc4cnn(CCCC(=O)O)c4)nc32)cn1. The number of anilines is 2. The Hall–Kier alpha value is -4.56. The quantitative estimate of drug-likeness (QED) is 0.251. The van der Waals surface area contributed by atoms with Crippen molar-refractivity contribution in [1.82, 2.24) is 49.8 Å². The van der Waals surface area contributed by atoms with Gasteiger partial charge in [0.2, 0.25) is 5.95 Å². The number of carboxylic acids is 1. The molecule has 0 saturated heterocycles. The van der Waals surface area contributed by atoms with Crippen molar-refractivity contribution in [3.05, 3.63) is 31.0 Å². The van der Waals surface area contributed by atoms with Crippen molar-refractivity contribution in [1.29, 1.82) is 0 Å². The third-order valence-corrected chi connectivity index (χ3v) is 4.96. The Bertz CT molecular complexity index is 1370. The Labute approximate surface area is 211 Å². The van der Waals surface area contributed by atoms with Gasteiger partial charge in [0.15, 0.2) is 11.2 Å². The van der Waals surface area contributed by atoms with E-state index in [1.165, 1.54) is 0 Å². The van der Waals surface area contributed by atoms with Crippen LogP contribution < -0.4 is 10.6 Å². The number of rotatable bonds is 11. The topological polar surface area (TPSA) is 180 Å². The molecule has 0 aliphatic carbocycles. The van der Waals surface area contributed by atoms with E-state index in [4.69, 9.17) is 9.84 Å². The van der Waals surface area contributed by atoms with Gasteiger partial charge in [-0.2, -0.15) is 19.9 Å². The molecule has 3 N–H and O–H groups in total. The van der Waals surface area contributed by atoms with Gasteiger partial charge in [0, 0.05) is 32.3 Å². The van der Waals surface area contributed by atoms with Gasteiger partial charge >= 0.3 is 12.1 Å². The molecule has 0 aliphatic heterocycles. The number of aliphatic carboxylic acids is 1. The summed E-state index contributed by atoms with van der Waals surface area (Å²) in [5, 5.41) is 31.5. The highest BCUT2D eigenvalue weighted by Crippen LogP contribution is 2.17. The molecule has 0 bridgehead atoms. The summed E-state index contributed by atoms with van der Waals surface area (Å²) in [6, 6.07) is 0. The number of nitrogens with zero attached hydrogens (tertiary/aromatic N) is 9. The average molecular weight is 512 g/mol. The summed E-state index contributed by atoms with van der Waals surface area (Å²) in [7, 11) is 0. The summed E-state index contributed by atoms with van der Waals surface area (Å²) in [5.41, 5.74) is 1.83. The smallest absolute Gasteiger partial charge is 0.407 e. The molecule has 0 unspecified atom stereocenters. The maximum atomic E-state index is 11.7. The van der Waals surface area contributed by atoms with E-state index in [-0.39, 0.29) is 6.42 Å². The van der Waals surface area contributed by atoms with Crippen LogP contribution in [0.4, 0.5) is 16.4 Å². The molecule has 37 heavy (non-hydrogen) atoms. The molecular formula is C22H29N11O4. The number of aryl methyl sites for hydroxylation is 2. The second kappa shape index (κ2) is 11.0. The molecule has 196 valence electrons. The highest BCUT2D eigenvalue weighted by Gasteiger charge is 2.16. The molecule has 15 nitrogen and oxygen atoms in total. The van der Waals surface area contributed by atoms with Gasteiger partial charge in [-0.15, -0.1) is 5.10 Å². The summed E-state index contributed by atoms with van der Waals surface area (Å²) >= 11 is 0. The maximum absolute atomic E-state index is 11.7. The fourth-order valence-electron chi connectivity index (χ4n) is 3.36. The molecule has 0 atom stereocenters. The molecule has 1 amide bonds. The van der Waals surface area contributed by atoms with E-state index in [0.29, 0.717) is 61.0 Å². The number of fused-ring (bicyclic) bond motifs is 1. The van der Waals surface area contributed by atoms with Crippen LogP contribution in [-0.2, 0) is 22.6 Å². The number of alkyl carbamates (subject to hydrolysis) is 1. The van der Waals surface area contributed by atoms with Crippen molar-refractivity contribution in [2.24, 2.45) is 0 Å². The highest BCUT2D eigenvalue weighted by atomic mass is 16.6. The summed E-state index contributed by atoms with van der Waals surface area (Å²) in [4.78, 5) is 31.2. The van der Waals surface area contributed by atoms with Crippen molar-refractivity contribution in [2.45, 2.75) is 58.7 Å². The summed E-state index contributed by atoms with van der Waals surface area (Å²) in [5.74, 6) is -0.500. The molecular weight excluding hydrogens is 482 g/mol. The van der Waals surface area contributed by atoms with Crippen LogP contribution in [0.5, 0.6) is 0 Å². The Kier molecular flexibility index (Phi) is 7.60. The highest BCUT2D eigenvalue weighted by molar-refractivity contribution is 5.72. The third kappa shape index (κ3) is 7.22. The monoisotopic (exact) mass is 511 g/mol. The minimum Gasteiger partial charge on any atom is -0.481 e. The fraction of sp³-hybridized carbons (Fsp3) is 0.455. The molecule has 4 aromatic rings. The van der Waals surface area contributed by atoms with Crippen molar-refractivity contribution in [2.75, 3.05) is 11.9 Å². The largest absolute Gasteiger partial charge is 0.481 e. The third-order valence-electron chi connectivity index (χ3n) is 4.96. The van der Waals surface area contributed by atoms with Crippen molar-refractivity contribution in [3.8, 4) is 5.69 Å². The van der Waals surface area contributed by atoms with Crippen LogP contribution in [0.1, 0.15) is 40.0 Å². The zero-order valence-corrected chi connectivity index (χ0v) is 20.8. The lowest BCUT2D eigenvalue weighted by Crippen LogP contribution is -2.33. The van der Waals surface area contributed by atoms with Crippen LogP contribution in [0.15, 0.2) is 31.0 Å². The number of carboxylic acid groups (broad SMARTS) is 1. The normalized spacial score (nSPS) is 11.5. The van der Waals surface area contributed by atoms with E-state index >= 15 is 0 Å². The number of ether oxygens (including phenoxy) is 1. The lowest BCUT2D eigenvalue weighted by Gasteiger charge is -2.19. The molecule has 15 heteroatoms. The number of aromatic nitrogens is 9. The number of carbonyl (C=O) groups is 2. The molecule has 0 radical (unpaired) electrons. The van der Waals surface area contributed by atoms with Crippen molar-refractivity contribution < 1.29 is 19.4 Å². The second-order valence-corrected chi connectivity index (χ2v) is 9.26. The summed E-state index contributed by atoms with van der Waals surface area (Å²) in [6.07, 6.45) is 9.20. The first-order chi connectivity index (χ1) is 17.7. The molecule has 0 aromatic carbocycles. The van der Waals surface area contributed by atoms with Crippen LogP contribution in [0.2, 0.25) is 0 Å². The van der Waals surface area contributed by atoms with Crippen LogP contribution in [-0.4, -0.2) is 73.8 Å². The van der Waals surface area contributed by atoms with Crippen LogP contribution in [0.3, 0.4) is 0 Å². The minimum absolute atomic E-state index is 0.0823. The molecule has 0 saturated carbocycles. The molecule has 4 rings (SSSR count). The predicted octanol–water partition coefficient (Wildman–Crippen LogP) is 2.13. The maximum Gasteiger partial charge on any atom is 0.407 e. The van der Waals surface area contributed by atoms with E-state index in [1.54, 1.807) is 38.8 Å². The number of nitrogens with one attached hydrogen (secondary N) is 2. The molecule has 4 aromatic heterocycles. The van der Waals surface area contributed by atoms with Gasteiger partial charge in [0.1, 0.15) is 11.3 Å². The van der Waals surface area contributed by atoms with Gasteiger partial charge in [-0.3, -0.25) is 14.2 Å². The van der Waals surface area contributed by atoms with Crippen molar-refractivity contribution in [3.63, 3.8) is 0 Å². The van der Waals surface area contributed by atoms with Crippen LogP contribution in [0, 0.1) is 0 Å². The zero-order chi connectivity index (χ0) is 26.4. The van der Waals surface area contributed by atoms with Gasteiger partial charge < -0.3 is 20.5 Å².